The molecule has 3 N–H and O–H groups in total. The number of urea groups is 1. The van der Waals surface area contributed by atoms with E-state index in [2.05, 4.69) is 16.0 Å². The molecule has 0 radical (unpaired) electrons. The maximum absolute atomic E-state index is 12.1. The summed E-state index contributed by atoms with van der Waals surface area (Å²) >= 11 is 0. The fourth-order valence-corrected chi connectivity index (χ4v) is 2.10. The summed E-state index contributed by atoms with van der Waals surface area (Å²) in [6.07, 6.45) is 0. The van der Waals surface area contributed by atoms with Crippen LogP contribution in [0.4, 0.5) is 10.5 Å². The molecule has 0 spiro atoms. The van der Waals surface area contributed by atoms with E-state index in [0.717, 1.165) is 0 Å². The Morgan fingerprint density at radius 2 is 1.62 bits per heavy atom. The first-order valence-corrected chi connectivity index (χ1v) is 8.41. The molecule has 0 saturated carbocycles. The van der Waals surface area contributed by atoms with Crippen molar-refractivity contribution in [1.29, 1.82) is 0 Å². The van der Waals surface area contributed by atoms with Gasteiger partial charge in [0.2, 0.25) is 11.8 Å². The number of likely N-dealkylation sites (N-methyl/N-ethyl adjacent to an activating group) is 1. The van der Waals surface area contributed by atoms with Crippen molar-refractivity contribution < 1.29 is 19.1 Å². The number of rotatable bonds is 7. The predicted octanol–water partition coefficient (Wildman–Crippen LogP) is 1.58. The molecule has 0 aliphatic carbocycles. The number of carbonyl (C=O) groups is 3. The van der Waals surface area contributed by atoms with Crippen molar-refractivity contribution >= 4 is 23.5 Å². The molecule has 26 heavy (non-hydrogen) atoms. The highest BCUT2D eigenvalue weighted by molar-refractivity contribution is 5.96. The number of amides is 4. The van der Waals surface area contributed by atoms with Crippen LogP contribution in [-0.2, 0) is 9.59 Å². The zero-order valence-electron chi connectivity index (χ0n) is 16.0. The van der Waals surface area contributed by atoms with Crippen LogP contribution in [0.15, 0.2) is 24.3 Å². The number of imide groups is 1. The third kappa shape index (κ3) is 8.48. The largest absolute Gasteiger partial charge is 0.497 e. The van der Waals surface area contributed by atoms with E-state index in [-0.39, 0.29) is 19.0 Å². The third-order valence-electron chi connectivity index (χ3n) is 3.30. The van der Waals surface area contributed by atoms with Crippen molar-refractivity contribution in [2.24, 2.45) is 0 Å². The van der Waals surface area contributed by atoms with Gasteiger partial charge in [0.05, 0.1) is 20.2 Å². The van der Waals surface area contributed by atoms with E-state index in [4.69, 9.17) is 4.74 Å². The lowest BCUT2D eigenvalue weighted by Gasteiger charge is -2.22. The van der Waals surface area contributed by atoms with Gasteiger partial charge >= 0.3 is 6.03 Å². The first kappa shape index (κ1) is 21.4. The molecule has 0 bridgehead atoms. The van der Waals surface area contributed by atoms with Gasteiger partial charge in [-0.2, -0.15) is 0 Å². The van der Waals surface area contributed by atoms with Crippen molar-refractivity contribution in [3.63, 3.8) is 0 Å². The minimum absolute atomic E-state index is 0.0385. The van der Waals surface area contributed by atoms with Crippen molar-refractivity contribution in [2.75, 3.05) is 32.1 Å². The predicted molar refractivity (Wildman–Crippen MR) is 100 cm³/mol. The Morgan fingerprint density at radius 1 is 1.04 bits per heavy atom. The van der Waals surface area contributed by atoms with Gasteiger partial charge in [0.25, 0.3) is 0 Å². The molecule has 8 heteroatoms. The number of anilines is 1. The van der Waals surface area contributed by atoms with Crippen molar-refractivity contribution in [3.8, 4) is 5.75 Å². The summed E-state index contributed by atoms with van der Waals surface area (Å²) in [7, 11) is 1.57. The van der Waals surface area contributed by atoms with Gasteiger partial charge < -0.3 is 15.4 Å². The maximum Gasteiger partial charge on any atom is 0.321 e. The van der Waals surface area contributed by atoms with Crippen molar-refractivity contribution in [2.45, 2.75) is 33.2 Å². The number of nitrogens with one attached hydrogen (secondary N) is 3. The van der Waals surface area contributed by atoms with E-state index < -0.39 is 17.5 Å². The molecule has 0 unspecified atom stereocenters. The van der Waals surface area contributed by atoms with Crippen LogP contribution in [0.3, 0.4) is 0 Å². The minimum Gasteiger partial charge on any atom is -0.497 e. The Kier molecular flexibility index (Phi) is 8.05. The third-order valence-corrected chi connectivity index (χ3v) is 3.30. The van der Waals surface area contributed by atoms with Crippen LogP contribution < -0.4 is 20.7 Å². The second-order valence-corrected chi connectivity index (χ2v) is 6.83. The highest BCUT2D eigenvalue weighted by Crippen LogP contribution is 2.14. The van der Waals surface area contributed by atoms with Gasteiger partial charge in [-0.25, -0.2) is 4.79 Å². The van der Waals surface area contributed by atoms with Crippen molar-refractivity contribution in [3.05, 3.63) is 24.3 Å². The number of carbonyl (C=O) groups excluding carboxylic acids is 3. The fourth-order valence-electron chi connectivity index (χ4n) is 2.10. The molecule has 1 rings (SSSR count). The summed E-state index contributed by atoms with van der Waals surface area (Å²) < 4.78 is 5.06. The Labute approximate surface area is 154 Å². The summed E-state index contributed by atoms with van der Waals surface area (Å²) in [6.45, 7) is 7.77. The minimum atomic E-state index is -0.554. The molecule has 8 nitrogen and oxygen atoms in total. The van der Waals surface area contributed by atoms with Crippen LogP contribution in [0.25, 0.3) is 0 Å². The Balaban J connectivity index is 2.48. The highest BCUT2D eigenvalue weighted by Gasteiger charge is 2.18. The maximum atomic E-state index is 12.1. The molecule has 0 aliphatic rings. The summed E-state index contributed by atoms with van der Waals surface area (Å²) in [6, 6.07) is 6.40. The van der Waals surface area contributed by atoms with Gasteiger partial charge in [-0.05, 0) is 51.6 Å². The lowest BCUT2D eigenvalue weighted by Crippen LogP contribution is -2.50. The Morgan fingerprint density at radius 3 is 2.12 bits per heavy atom. The van der Waals surface area contributed by atoms with Crippen LogP contribution in [-0.4, -0.2) is 55.0 Å². The molecule has 4 amide bonds. The second kappa shape index (κ2) is 9.76. The number of nitrogens with zero attached hydrogens (tertiary/aromatic N) is 1. The van der Waals surface area contributed by atoms with Crippen LogP contribution in [0, 0.1) is 0 Å². The normalized spacial score (nSPS) is 11.0. The van der Waals surface area contributed by atoms with E-state index in [1.54, 1.807) is 36.3 Å². The molecule has 1 aromatic carbocycles. The summed E-state index contributed by atoms with van der Waals surface area (Å²) in [5.41, 5.74) is 0.202. The molecule has 0 aliphatic heterocycles. The summed E-state index contributed by atoms with van der Waals surface area (Å²) in [4.78, 5) is 37.4. The van der Waals surface area contributed by atoms with E-state index in [1.165, 1.54) is 0 Å². The number of benzene rings is 1. The standard InChI is InChI=1S/C18H28N4O4/c1-6-22(12-16(24)20-17(25)21-18(2,3)4)11-15(23)19-13-7-9-14(26-5)10-8-13/h7-10H,6,11-12H2,1-5H3,(H,19,23)(H2,20,21,24,25). The average Bonchev–Trinajstić information content (AvgIpc) is 2.52. The van der Waals surface area contributed by atoms with Gasteiger partial charge in [0, 0.05) is 11.2 Å². The van der Waals surface area contributed by atoms with E-state index in [1.807, 2.05) is 27.7 Å². The number of ether oxygens (including phenoxy) is 1. The topological polar surface area (TPSA) is 99.8 Å². The zero-order valence-corrected chi connectivity index (χ0v) is 16.0. The molecule has 0 fully saturated rings. The molecule has 0 aromatic heterocycles. The van der Waals surface area contributed by atoms with Crippen molar-refractivity contribution in [1.82, 2.24) is 15.5 Å². The van der Waals surface area contributed by atoms with E-state index in [0.29, 0.717) is 18.0 Å². The molecule has 0 atom stereocenters. The van der Waals surface area contributed by atoms with E-state index >= 15 is 0 Å². The van der Waals surface area contributed by atoms with Gasteiger partial charge in [-0.3, -0.25) is 19.8 Å². The Hall–Kier alpha value is -2.61. The smallest absolute Gasteiger partial charge is 0.321 e. The van der Waals surface area contributed by atoms with Gasteiger partial charge in [-0.1, -0.05) is 6.92 Å². The number of methoxy groups -OCH3 is 1. The fraction of sp³-hybridized carbons (Fsp3) is 0.500. The Bertz CT molecular complexity index is 623. The number of hydrogen-bond acceptors (Lipinski definition) is 5. The van der Waals surface area contributed by atoms with E-state index in [9.17, 15) is 14.4 Å². The van der Waals surface area contributed by atoms with Crippen LogP contribution >= 0.6 is 0 Å². The molecule has 0 saturated heterocycles. The highest BCUT2D eigenvalue weighted by atomic mass is 16.5. The second-order valence-electron chi connectivity index (χ2n) is 6.83. The zero-order chi connectivity index (χ0) is 19.7. The molecular formula is C18H28N4O4. The molecule has 1 aromatic rings. The quantitative estimate of drug-likeness (QED) is 0.682. The molecule has 0 heterocycles. The van der Waals surface area contributed by atoms with Crippen LogP contribution in [0.2, 0.25) is 0 Å². The van der Waals surface area contributed by atoms with Crippen LogP contribution in [0.5, 0.6) is 5.75 Å². The number of hydrogen-bond donors (Lipinski definition) is 3. The average molecular weight is 364 g/mol. The van der Waals surface area contributed by atoms with Gasteiger partial charge in [0.1, 0.15) is 5.75 Å². The summed E-state index contributed by atoms with van der Waals surface area (Å²) in [5, 5.41) is 7.66. The van der Waals surface area contributed by atoms with Crippen LogP contribution in [0.1, 0.15) is 27.7 Å². The van der Waals surface area contributed by atoms with Gasteiger partial charge in [-0.15, -0.1) is 0 Å². The molecule has 144 valence electrons. The first-order valence-electron chi connectivity index (χ1n) is 8.41. The lowest BCUT2D eigenvalue weighted by molar-refractivity contribution is -0.122. The van der Waals surface area contributed by atoms with Gasteiger partial charge in [0.15, 0.2) is 0 Å². The lowest BCUT2D eigenvalue weighted by atomic mass is 10.1. The molecular weight excluding hydrogens is 336 g/mol. The first-order chi connectivity index (χ1) is 12.1. The SMILES string of the molecule is CCN(CC(=O)NC(=O)NC(C)(C)C)CC(=O)Nc1ccc(OC)cc1. The summed E-state index contributed by atoms with van der Waals surface area (Å²) in [5.74, 6) is -0.0156. The monoisotopic (exact) mass is 364 g/mol.